The van der Waals surface area contributed by atoms with Crippen LogP contribution in [0.15, 0.2) is 24.3 Å². The molecule has 0 aliphatic carbocycles. The van der Waals surface area contributed by atoms with Gasteiger partial charge in [0.2, 0.25) is 0 Å². The molecule has 0 spiro atoms. The highest BCUT2D eigenvalue weighted by Gasteiger charge is 2.10. The average Bonchev–Trinajstić information content (AvgIpc) is 2.03. The van der Waals surface area contributed by atoms with E-state index in [9.17, 15) is 8.78 Å². The lowest BCUT2D eigenvalue weighted by Gasteiger charge is -2.12. The Balaban J connectivity index is 0.00000169. The van der Waals surface area contributed by atoms with Crippen molar-refractivity contribution in [1.82, 2.24) is 0 Å². The Morgan fingerprint density at radius 3 is 2.36 bits per heavy atom. The fourth-order valence-electron chi connectivity index (χ4n) is 1.06. The van der Waals surface area contributed by atoms with Crippen molar-refractivity contribution < 1.29 is 13.5 Å². The fraction of sp³-hybridized carbons (Fsp3) is 0.333. The molecule has 1 aromatic carbocycles. The summed E-state index contributed by atoms with van der Waals surface area (Å²) in [5.41, 5.74) is 6.15. The lowest BCUT2D eigenvalue weighted by molar-refractivity contribution is -0.0505. The molecule has 0 saturated heterocycles. The molecule has 0 unspecified atom stereocenters. The van der Waals surface area contributed by atoms with Gasteiger partial charge in [-0.3, -0.25) is 0 Å². The van der Waals surface area contributed by atoms with Gasteiger partial charge in [-0.2, -0.15) is 8.78 Å². The first-order valence-electron chi connectivity index (χ1n) is 3.90. The number of alkyl halides is 2. The van der Waals surface area contributed by atoms with Crippen LogP contribution >= 0.6 is 12.4 Å². The van der Waals surface area contributed by atoms with Crippen molar-refractivity contribution in [2.45, 2.75) is 19.6 Å². The lowest BCUT2D eigenvalue weighted by Crippen LogP contribution is -2.10. The highest BCUT2D eigenvalue weighted by molar-refractivity contribution is 5.85. The molecule has 2 N–H and O–H groups in total. The van der Waals surface area contributed by atoms with Crippen LogP contribution < -0.4 is 10.5 Å². The smallest absolute Gasteiger partial charge is 0.387 e. The van der Waals surface area contributed by atoms with E-state index in [2.05, 4.69) is 4.74 Å². The van der Waals surface area contributed by atoms with Gasteiger partial charge >= 0.3 is 6.61 Å². The maximum absolute atomic E-state index is 11.9. The zero-order valence-electron chi connectivity index (χ0n) is 7.61. The Labute approximate surface area is 87.5 Å². The van der Waals surface area contributed by atoms with Gasteiger partial charge in [0.25, 0.3) is 0 Å². The molecule has 5 heteroatoms. The zero-order chi connectivity index (χ0) is 9.84. The van der Waals surface area contributed by atoms with Gasteiger partial charge in [0, 0.05) is 11.6 Å². The van der Waals surface area contributed by atoms with E-state index in [1.165, 1.54) is 6.07 Å². The van der Waals surface area contributed by atoms with Crippen LogP contribution in [-0.4, -0.2) is 6.61 Å². The summed E-state index contributed by atoms with van der Waals surface area (Å²) in [6.45, 7) is -1.09. The molecular formula is C9H12ClF2NO. The Morgan fingerprint density at radius 2 is 1.86 bits per heavy atom. The Hall–Kier alpha value is -0.870. The minimum Gasteiger partial charge on any atom is -0.434 e. The van der Waals surface area contributed by atoms with Gasteiger partial charge in [-0.1, -0.05) is 18.2 Å². The van der Waals surface area contributed by atoms with Crippen LogP contribution in [0, 0.1) is 0 Å². The highest BCUT2D eigenvalue weighted by Crippen LogP contribution is 2.24. The van der Waals surface area contributed by atoms with Crippen LogP contribution in [0.5, 0.6) is 5.75 Å². The van der Waals surface area contributed by atoms with E-state index in [0.29, 0.717) is 5.56 Å². The van der Waals surface area contributed by atoms with Crippen LogP contribution in [0.4, 0.5) is 8.78 Å². The van der Waals surface area contributed by atoms with Gasteiger partial charge in [0.15, 0.2) is 0 Å². The molecule has 1 atom stereocenters. The third-order valence-corrected chi connectivity index (χ3v) is 1.63. The largest absolute Gasteiger partial charge is 0.434 e. The normalized spacial score (nSPS) is 12.1. The fourth-order valence-corrected chi connectivity index (χ4v) is 1.06. The number of hydrogen-bond acceptors (Lipinski definition) is 2. The summed E-state index contributed by atoms with van der Waals surface area (Å²) in [5.74, 6) is 0.146. The first-order valence-corrected chi connectivity index (χ1v) is 3.90. The van der Waals surface area contributed by atoms with E-state index >= 15 is 0 Å². The second-order valence-electron chi connectivity index (χ2n) is 2.71. The van der Waals surface area contributed by atoms with Crippen LogP contribution in [0.1, 0.15) is 18.5 Å². The lowest BCUT2D eigenvalue weighted by atomic mass is 10.1. The van der Waals surface area contributed by atoms with Gasteiger partial charge in [0.05, 0.1) is 0 Å². The summed E-state index contributed by atoms with van der Waals surface area (Å²) < 4.78 is 28.1. The first-order chi connectivity index (χ1) is 6.11. The van der Waals surface area contributed by atoms with Gasteiger partial charge in [0.1, 0.15) is 5.75 Å². The monoisotopic (exact) mass is 223 g/mol. The third kappa shape index (κ3) is 3.47. The SMILES string of the molecule is C[C@@H](N)c1ccccc1OC(F)F.Cl. The number of benzene rings is 1. The van der Waals surface area contributed by atoms with Crippen LogP contribution in [-0.2, 0) is 0 Å². The second kappa shape index (κ2) is 5.78. The molecule has 0 aromatic heterocycles. The van der Waals surface area contributed by atoms with E-state index in [-0.39, 0.29) is 24.2 Å². The quantitative estimate of drug-likeness (QED) is 0.855. The minimum absolute atomic E-state index is 0. The highest BCUT2D eigenvalue weighted by atomic mass is 35.5. The molecule has 14 heavy (non-hydrogen) atoms. The molecule has 1 aromatic rings. The molecule has 0 aliphatic rings. The predicted molar refractivity (Wildman–Crippen MR) is 52.9 cm³/mol. The van der Waals surface area contributed by atoms with Crippen molar-refractivity contribution in [1.29, 1.82) is 0 Å². The molecule has 0 amide bonds. The molecule has 0 saturated carbocycles. The van der Waals surface area contributed by atoms with Gasteiger partial charge in [-0.25, -0.2) is 0 Å². The molecule has 0 bridgehead atoms. The average molecular weight is 224 g/mol. The van der Waals surface area contributed by atoms with E-state index in [4.69, 9.17) is 5.73 Å². The number of hydrogen-bond donors (Lipinski definition) is 1. The van der Waals surface area contributed by atoms with E-state index in [1.54, 1.807) is 25.1 Å². The Kier molecular flexibility index (Phi) is 5.42. The number of rotatable bonds is 3. The molecule has 0 fully saturated rings. The van der Waals surface area contributed by atoms with Gasteiger partial charge in [-0.05, 0) is 13.0 Å². The summed E-state index contributed by atoms with van der Waals surface area (Å²) in [6, 6.07) is 6.20. The van der Waals surface area contributed by atoms with E-state index in [0.717, 1.165) is 0 Å². The maximum Gasteiger partial charge on any atom is 0.387 e. The maximum atomic E-state index is 11.9. The standard InChI is InChI=1S/C9H11F2NO.ClH/c1-6(12)7-4-2-3-5-8(7)13-9(10)11;/h2-6,9H,12H2,1H3;1H/t6-;/m1./s1. The van der Waals surface area contributed by atoms with Crippen molar-refractivity contribution in [3.8, 4) is 5.75 Å². The second-order valence-corrected chi connectivity index (χ2v) is 2.71. The molecule has 1 rings (SSSR count). The van der Waals surface area contributed by atoms with Crippen molar-refractivity contribution >= 4 is 12.4 Å². The molecule has 2 nitrogen and oxygen atoms in total. The minimum atomic E-state index is -2.81. The summed E-state index contributed by atoms with van der Waals surface area (Å²) in [7, 11) is 0. The molecule has 80 valence electrons. The Morgan fingerprint density at radius 1 is 1.29 bits per heavy atom. The number of nitrogens with two attached hydrogens (primary N) is 1. The summed E-state index contributed by atoms with van der Waals surface area (Å²) in [6.07, 6.45) is 0. The van der Waals surface area contributed by atoms with Crippen molar-refractivity contribution in [3.63, 3.8) is 0 Å². The van der Waals surface area contributed by atoms with Gasteiger partial charge < -0.3 is 10.5 Å². The number of ether oxygens (including phenoxy) is 1. The van der Waals surface area contributed by atoms with Crippen molar-refractivity contribution in [2.24, 2.45) is 5.73 Å². The van der Waals surface area contributed by atoms with Gasteiger partial charge in [-0.15, -0.1) is 12.4 Å². The first kappa shape index (κ1) is 13.1. The molecule has 0 heterocycles. The predicted octanol–water partition coefficient (Wildman–Crippen LogP) is 2.73. The van der Waals surface area contributed by atoms with Crippen LogP contribution in [0.25, 0.3) is 0 Å². The summed E-state index contributed by atoms with van der Waals surface area (Å²) >= 11 is 0. The van der Waals surface area contributed by atoms with Crippen LogP contribution in [0.2, 0.25) is 0 Å². The Bertz CT molecular complexity index is 281. The van der Waals surface area contributed by atoms with E-state index in [1.807, 2.05) is 0 Å². The molecule has 0 aliphatic heterocycles. The number of para-hydroxylation sites is 1. The molecule has 0 radical (unpaired) electrons. The molecular weight excluding hydrogens is 212 g/mol. The topological polar surface area (TPSA) is 35.2 Å². The zero-order valence-corrected chi connectivity index (χ0v) is 8.43. The number of halogens is 3. The summed E-state index contributed by atoms with van der Waals surface area (Å²) in [5, 5.41) is 0. The van der Waals surface area contributed by atoms with Crippen LogP contribution in [0.3, 0.4) is 0 Å². The van der Waals surface area contributed by atoms with E-state index < -0.39 is 6.61 Å². The third-order valence-electron chi connectivity index (χ3n) is 1.63. The van der Waals surface area contributed by atoms with Crippen molar-refractivity contribution in [2.75, 3.05) is 0 Å². The van der Waals surface area contributed by atoms with Crippen molar-refractivity contribution in [3.05, 3.63) is 29.8 Å². The summed E-state index contributed by atoms with van der Waals surface area (Å²) in [4.78, 5) is 0.